The fraction of sp³-hybridized carbons (Fsp3) is 0.421. The van der Waals surface area contributed by atoms with Crippen molar-refractivity contribution in [1.29, 1.82) is 0 Å². The summed E-state index contributed by atoms with van der Waals surface area (Å²) < 4.78 is 0. The molecule has 4 atom stereocenters. The number of halogens is 2. The zero-order chi connectivity index (χ0) is 26.3. The van der Waals surface area contributed by atoms with E-state index in [-0.39, 0.29) is 14.9 Å². The Morgan fingerprint density at radius 2 is 0.780 bits per heavy atom. The third-order valence-electron chi connectivity index (χ3n) is 10.7. The van der Waals surface area contributed by atoms with Crippen molar-refractivity contribution < 1.29 is 20.8 Å². The maximum atomic E-state index is 4.93. The summed E-state index contributed by atoms with van der Waals surface area (Å²) >= 11 is -0.826. The number of allylic oxidation sites excluding steroid dienone is 8. The van der Waals surface area contributed by atoms with Gasteiger partial charge in [-0.3, -0.25) is 0 Å². The van der Waals surface area contributed by atoms with Crippen molar-refractivity contribution in [2.45, 2.75) is 76.0 Å². The summed E-state index contributed by atoms with van der Waals surface area (Å²) in [5.41, 5.74) is 13.0. The first-order valence-electron chi connectivity index (χ1n) is 15.2. The molecule has 6 aliphatic rings. The van der Waals surface area contributed by atoms with Gasteiger partial charge in [-0.1, -0.05) is 72.8 Å². The van der Waals surface area contributed by atoms with Crippen LogP contribution < -0.4 is 0 Å². The third kappa shape index (κ3) is 6.12. The molecule has 0 radical (unpaired) electrons. The van der Waals surface area contributed by atoms with E-state index in [1.807, 2.05) is 0 Å². The second-order valence-corrected chi connectivity index (χ2v) is 16.4. The van der Waals surface area contributed by atoms with E-state index in [4.69, 9.17) is 17.0 Å². The molecule has 2 aromatic carbocycles. The molecule has 4 saturated carbocycles. The fourth-order valence-electron chi connectivity index (χ4n) is 9.05. The predicted octanol–water partition coefficient (Wildman–Crippen LogP) is 12.0. The van der Waals surface area contributed by atoms with E-state index in [0.29, 0.717) is 11.8 Å². The number of hydrogen-bond donors (Lipinski definition) is 0. The molecule has 4 fully saturated rings. The van der Waals surface area contributed by atoms with Gasteiger partial charge in [0.25, 0.3) is 0 Å². The van der Waals surface area contributed by atoms with Crippen LogP contribution in [-0.2, 0) is 20.8 Å². The van der Waals surface area contributed by atoms with Gasteiger partial charge >= 0.3 is 37.9 Å². The van der Waals surface area contributed by atoms with Gasteiger partial charge in [0.2, 0.25) is 0 Å². The van der Waals surface area contributed by atoms with Crippen LogP contribution in [0.4, 0.5) is 0 Å². The summed E-state index contributed by atoms with van der Waals surface area (Å²) in [7, 11) is 9.87. The van der Waals surface area contributed by atoms with Gasteiger partial charge in [0, 0.05) is 0 Å². The molecule has 4 unspecified atom stereocenters. The number of fused-ring (bicyclic) bond motifs is 4. The van der Waals surface area contributed by atoms with Gasteiger partial charge in [-0.15, -0.1) is 0 Å². The molecule has 8 rings (SSSR count). The van der Waals surface area contributed by atoms with Crippen LogP contribution in [0.2, 0.25) is 0 Å². The van der Waals surface area contributed by atoms with E-state index >= 15 is 0 Å². The molecular formula is C38H44Cl2Zr. The van der Waals surface area contributed by atoms with E-state index in [0.717, 1.165) is 23.7 Å². The average Bonchev–Trinajstić information content (AvgIpc) is 3.76. The molecule has 214 valence electrons. The van der Waals surface area contributed by atoms with Crippen molar-refractivity contribution in [1.82, 2.24) is 0 Å². The van der Waals surface area contributed by atoms with E-state index < -0.39 is 20.8 Å². The molecule has 41 heavy (non-hydrogen) atoms. The van der Waals surface area contributed by atoms with Crippen LogP contribution in [0.25, 0.3) is 11.1 Å². The first kappa shape index (κ1) is 31.3. The van der Waals surface area contributed by atoms with E-state index in [1.165, 1.54) is 75.3 Å². The molecule has 0 aliphatic heterocycles. The molecule has 0 N–H and O–H groups in total. The summed E-state index contributed by atoms with van der Waals surface area (Å²) in [6, 6.07) is 18.9. The summed E-state index contributed by atoms with van der Waals surface area (Å²) in [5.74, 6) is 4.39. The van der Waals surface area contributed by atoms with Gasteiger partial charge in [0.05, 0.1) is 0 Å². The molecule has 0 nitrogen and oxygen atoms in total. The van der Waals surface area contributed by atoms with Crippen LogP contribution in [0.5, 0.6) is 0 Å². The zero-order valence-electron chi connectivity index (χ0n) is 24.7. The Kier molecular flexibility index (Phi) is 10.4. The molecule has 2 aromatic rings. The first-order valence-corrected chi connectivity index (χ1v) is 21.5. The van der Waals surface area contributed by atoms with Crippen molar-refractivity contribution in [3.05, 3.63) is 121 Å². The van der Waals surface area contributed by atoms with Crippen molar-refractivity contribution >= 4 is 17.0 Å². The molecule has 6 aliphatic carbocycles. The predicted molar refractivity (Wildman–Crippen MR) is 174 cm³/mol. The Morgan fingerprint density at radius 3 is 1.10 bits per heavy atom. The van der Waals surface area contributed by atoms with Crippen molar-refractivity contribution in [3.63, 3.8) is 0 Å². The van der Waals surface area contributed by atoms with Crippen molar-refractivity contribution in [2.75, 3.05) is 0 Å². The monoisotopic (exact) mass is 660 g/mol. The number of rotatable bonds is 3. The van der Waals surface area contributed by atoms with Gasteiger partial charge in [-0.25, -0.2) is 0 Å². The molecule has 0 amide bonds. The molecule has 0 spiro atoms. The van der Waals surface area contributed by atoms with Gasteiger partial charge in [0.15, 0.2) is 0 Å². The average molecular weight is 663 g/mol. The molecule has 0 bridgehead atoms. The quantitative estimate of drug-likeness (QED) is 0.287. The third-order valence-corrected chi connectivity index (χ3v) is 10.7. The van der Waals surface area contributed by atoms with Gasteiger partial charge in [0.1, 0.15) is 0 Å². The van der Waals surface area contributed by atoms with Gasteiger partial charge in [-0.2, -0.15) is 0 Å². The molecule has 0 aromatic heterocycles. The normalized spacial score (nSPS) is 30.3. The zero-order valence-corrected chi connectivity index (χ0v) is 28.7. The van der Waals surface area contributed by atoms with Crippen LogP contribution in [0.1, 0.15) is 87.2 Å². The van der Waals surface area contributed by atoms with E-state index in [9.17, 15) is 0 Å². The molecular weight excluding hydrogens is 619 g/mol. The van der Waals surface area contributed by atoms with Crippen LogP contribution >= 0.6 is 17.0 Å². The Morgan fingerprint density at radius 1 is 0.488 bits per heavy atom. The molecule has 0 saturated heterocycles. The van der Waals surface area contributed by atoms with Crippen LogP contribution in [0.3, 0.4) is 0 Å². The molecule has 0 heterocycles. The summed E-state index contributed by atoms with van der Waals surface area (Å²) in [5, 5.41) is 0. The SMILES string of the molecule is C1=C2CCCC2=CC2CC(c3ccccc3-c3ccccc3C3CC4C=C5CCCC5=CC4C3)CC12.[CH3-].[CH3-].[Cl][Zr+2][Cl]. The van der Waals surface area contributed by atoms with Crippen molar-refractivity contribution in [3.8, 4) is 11.1 Å². The fourth-order valence-corrected chi connectivity index (χ4v) is 9.05. The van der Waals surface area contributed by atoms with E-state index in [1.54, 1.807) is 33.4 Å². The Labute approximate surface area is 268 Å². The second kappa shape index (κ2) is 13.7. The minimum atomic E-state index is -0.826. The van der Waals surface area contributed by atoms with Gasteiger partial charge < -0.3 is 14.9 Å². The van der Waals surface area contributed by atoms with Gasteiger partial charge in [-0.05, 0) is 144 Å². The Hall–Kier alpha value is -1.14. The summed E-state index contributed by atoms with van der Waals surface area (Å²) in [6.07, 6.45) is 24.1. The molecule has 3 heteroatoms. The van der Waals surface area contributed by atoms with Crippen LogP contribution in [-0.4, -0.2) is 0 Å². The summed E-state index contributed by atoms with van der Waals surface area (Å²) in [4.78, 5) is 0. The minimum absolute atomic E-state index is 0. The Bertz CT molecular complexity index is 1200. The van der Waals surface area contributed by atoms with Crippen LogP contribution in [0, 0.1) is 38.5 Å². The maximum absolute atomic E-state index is 4.93. The number of hydrogen-bond acceptors (Lipinski definition) is 0. The summed E-state index contributed by atoms with van der Waals surface area (Å²) in [6.45, 7) is 0. The Balaban J connectivity index is 0.000000649. The van der Waals surface area contributed by atoms with Crippen LogP contribution in [0.15, 0.2) is 95.1 Å². The second-order valence-electron chi connectivity index (χ2n) is 12.7. The first-order chi connectivity index (χ1) is 19.2. The topological polar surface area (TPSA) is 0 Å². The standard InChI is InChI=1S/C36H38.2CH3.2ClH.Zr/c1-3-13-35(33(11-1)31-19-27-15-23-7-5-8-24(23)16-28(27)20-31)36-14-4-2-12-34(36)32-21-29-17-25-9-6-10-26(25)18-30(29)22-32;;;;;/h1-4,11-18,27-32H,5-10,19-22H2;2*1H3;2*1H;/q;2*-1;;;+4/p-2. The van der Waals surface area contributed by atoms with E-state index in [2.05, 4.69) is 72.8 Å². The van der Waals surface area contributed by atoms with Crippen molar-refractivity contribution in [2.24, 2.45) is 23.7 Å². The number of benzene rings is 2.